The molecule has 2 aromatic rings. The van der Waals surface area contributed by atoms with Gasteiger partial charge in [-0.25, -0.2) is 0 Å². The molecule has 0 aromatic heterocycles. The fourth-order valence-corrected chi connectivity index (χ4v) is 3.24. The van der Waals surface area contributed by atoms with E-state index in [1.165, 1.54) is 12.7 Å². The summed E-state index contributed by atoms with van der Waals surface area (Å²) in [4.78, 5) is 26.7. The van der Waals surface area contributed by atoms with Crippen molar-refractivity contribution in [3.63, 3.8) is 0 Å². The molecule has 0 bridgehead atoms. The van der Waals surface area contributed by atoms with Crippen molar-refractivity contribution >= 4 is 29.1 Å². The van der Waals surface area contributed by atoms with Crippen LogP contribution in [0.3, 0.4) is 0 Å². The van der Waals surface area contributed by atoms with Gasteiger partial charge >= 0.3 is 0 Å². The summed E-state index contributed by atoms with van der Waals surface area (Å²) in [5, 5.41) is 3.37. The van der Waals surface area contributed by atoms with Crippen LogP contribution in [0.25, 0.3) is 0 Å². The number of carbonyl (C=O) groups excluding carboxylic acids is 2. The average molecular weight is 373 g/mol. The van der Waals surface area contributed by atoms with Crippen molar-refractivity contribution < 1.29 is 14.3 Å². The van der Waals surface area contributed by atoms with Gasteiger partial charge in [0.25, 0.3) is 5.91 Å². The average Bonchev–Trinajstić information content (AvgIpc) is 2.97. The Morgan fingerprint density at radius 1 is 1.19 bits per heavy atom. The van der Waals surface area contributed by atoms with Gasteiger partial charge in [0.15, 0.2) is 0 Å². The van der Waals surface area contributed by atoms with Crippen LogP contribution in [0.2, 0.25) is 5.02 Å². The normalized spacial score (nSPS) is 16.7. The number of nitrogens with one attached hydrogen (secondary N) is 1. The van der Waals surface area contributed by atoms with E-state index >= 15 is 0 Å². The number of hydrogen-bond donors (Lipinski definition) is 1. The standard InChI is InChI=1S/C20H21ClN2O3/c1-12-4-6-16(8-13(12)2)23-11-15(10-19(23)24)22-20(25)17-9-14(21)5-7-18(17)26-3/h4-9,15H,10-11H2,1-3H3,(H,22,25)/t15-/m0/s1. The zero-order chi connectivity index (χ0) is 18.8. The molecular formula is C20H21ClN2O3. The number of aryl methyl sites for hydroxylation is 2. The van der Waals surface area contributed by atoms with Crippen LogP contribution in [-0.4, -0.2) is 31.5 Å². The molecule has 1 fully saturated rings. The molecule has 6 heteroatoms. The fraction of sp³-hybridized carbons (Fsp3) is 0.300. The minimum absolute atomic E-state index is 0.00314. The van der Waals surface area contributed by atoms with E-state index in [1.807, 2.05) is 32.0 Å². The van der Waals surface area contributed by atoms with Gasteiger partial charge in [-0.3, -0.25) is 9.59 Å². The van der Waals surface area contributed by atoms with E-state index in [4.69, 9.17) is 16.3 Å². The molecule has 0 saturated carbocycles. The second-order valence-electron chi connectivity index (χ2n) is 6.49. The van der Waals surface area contributed by atoms with Crippen LogP contribution in [0.4, 0.5) is 5.69 Å². The zero-order valence-corrected chi connectivity index (χ0v) is 15.8. The summed E-state index contributed by atoms with van der Waals surface area (Å²) in [6.45, 7) is 4.49. The lowest BCUT2D eigenvalue weighted by Crippen LogP contribution is -2.37. The van der Waals surface area contributed by atoms with Crippen molar-refractivity contribution in [2.45, 2.75) is 26.3 Å². The van der Waals surface area contributed by atoms with Crippen molar-refractivity contribution in [2.24, 2.45) is 0 Å². The van der Waals surface area contributed by atoms with Crippen LogP contribution in [0.5, 0.6) is 5.75 Å². The highest BCUT2D eigenvalue weighted by Crippen LogP contribution is 2.26. The van der Waals surface area contributed by atoms with Crippen molar-refractivity contribution in [1.82, 2.24) is 5.32 Å². The number of amides is 2. The topological polar surface area (TPSA) is 58.6 Å². The minimum Gasteiger partial charge on any atom is -0.496 e. The van der Waals surface area contributed by atoms with E-state index < -0.39 is 0 Å². The van der Waals surface area contributed by atoms with Gasteiger partial charge in [-0.05, 0) is 55.3 Å². The molecule has 0 radical (unpaired) electrons. The molecule has 2 aromatic carbocycles. The Bertz CT molecular complexity index is 866. The summed E-state index contributed by atoms with van der Waals surface area (Å²) in [5.74, 6) is 0.142. The number of anilines is 1. The van der Waals surface area contributed by atoms with Crippen LogP contribution in [0, 0.1) is 13.8 Å². The number of rotatable bonds is 4. The summed E-state index contributed by atoms with van der Waals surface area (Å²) < 4.78 is 5.23. The molecule has 136 valence electrons. The van der Waals surface area contributed by atoms with E-state index in [2.05, 4.69) is 5.32 Å². The van der Waals surface area contributed by atoms with Gasteiger partial charge in [-0.1, -0.05) is 17.7 Å². The molecule has 2 amide bonds. The molecule has 0 unspecified atom stereocenters. The molecule has 1 saturated heterocycles. The number of hydrogen-bond acceptors (Lipinski definition) is 3. The molecule has 0 aliphatic carbocycles. The third kappa shape index (κ3) is 3.68. The van der Waals surface area contributed by atoms with Crippen LogP contribution in [-0.2, 0) is 4.79 Å². The van der Waals surface area contributed by atoms with Gasteiger partial charge in [0, 0.05) is 23.7 Å². The quantitative estimate of drug-likeness (QED) is 0.893. The predicted octanol–water partition coefficient (Wildman–Crippen LogP) is 3.50. The number of benzene rings is 2. The summed E-state index contributed by atoms with van der Waals surface area (Å²) in [6.07, 6.45) is 0.265. The summed E-state index contributed by atoms with van der Waals surface area (Å²) in [6, 6.07) is 10.5. The molecule has 1 heterocycles. The summed E-state index contributed by atoms with van der Waals surface area (Å²) in [7, 11) is 1.50. The molecular weight excluding hydrogens is 352 g/mol. The Morgan fingerprint density at radius 2 is 1.96 bits per heavy atom. The third-order valence-electron chi connectivity index (χ3n) is 4.67. The molecule has 0 spiro atoms. The highest BCUT2D eigenvalue weighted by molar-refractivity contribution is 6.31. The van der Waals surface area contributed by atoms with E-state index in [0.29, 0.717) is 22.9 Å². The second-order valence-corrected chi connectivity index (χ2v) is 6.93. The summed E-state index contributed by atoms with van der Waals surface area (Å²) in [5.41, 5.74) is 3.53. The Kier molecular flexibility index (Phi) is 5.18. The lowest BCUT2D eigenvalue weighted by atomic mass is 10.1. The van der Waals surface area contributed by atoms with Crippen LogP contribution in [0.1, 0.15) is 27.9 Å². The first kappa shape index (κ1) is 18.3. The number of halogens is 1. The SMILES string of the molecule is COc1ccc(Cl)cc1C(=O)N[C@H]1CC(=O)N(c2ccc(C)c(C)c2)C1. The molecule has 1 atom stereocenters. The lowest BCUT2D eigenvalue weighted by Gasteiger charge is -2.18. The van der Waals surface area contributed by atoms with Crippen molar-refractivity contribution in [3.05, 3.63) is 58.1 Å². The Balaban J connectivity index is 1.74. The number of carbonyl (C=O) groups is 2. The highest BCUT2D eigenvalue weighted by Gasteiger charge is 2.32. The van der Waals surface area contributed by atoms with Crippen LogP contribution in [0.15, 0.2) is 36.4 Å². The van der Waals surface area contributed by atoms with Crippen LogP contribution < -0.4 is 15.0 Å². The van der Waals surface area contributed by atoms with Gasteiger partial charge in [-0.15, -0.1) is 0 Å². The largest absolute Gasteiger partial charge is 0.496 e. The number of ether oxygens (including phenoxy) is 1. The van der Waals surface area contributed by atoms with Crippen molar-refractivity contribution in [3.8, 4) is 5.75 Å². The van der Waals surface area contributed by atoms with Gasteiger partial charge in [0.05, 0.1) is 18.7 Å². The Morgan fingerprint density at radius 3 is 2.65 bits per heavy atom. The van der Waals surface area contributed by atoms with E-state index in [9.17, 15) is 9.59 Å². The first-order valence-corrected chi connectivity index (χ1v) is 8.79. The molecule has 26 heavy (non-hydrogen) atoms. The van der Waals surface area contributed by atoms with E-state index in [1.54, 1.807) is 23.1 Å². The molecule has 1 aliphatic rings. The van der Waals surface area contributed by atoms with Gasteiger partial charge in [-0.2, -0.15) is 0 Å². The maximum absolute atomic E-state index is 12.6. The van der Waals surface area contributed by atoms with E-state index in [0.717, 1.165) is 11.3 Å². The fourth-order valence-electron chi connectivity index (χ4n) is 3.07. The maximum Gasteiger partial charge on any atom is 0.255 e. The highest BCUT2D eigenvalue weighted by atomic mass is 35.5. The smallest absolute Gasteiger partial charge is 0.255 e. The lowest BCUT2D eigenvalue weighted by molar-refractivity contribution is -0.117. The molecule has 1 aliphatic heterocycles. The van der Waals surface area contributed by atoms with Crippen molar-refractivity contribution in [1.29, 1.82) is 0 Å². The van der Waals surface area contributed by atoms with Crippen LogP contribution >= 0.6 is 11.6 Å². The first-order valence-electron chi connectivity index (χ1n) is 8.41. The Labute approximate surface area is 157 Å². The first-order chi connectivity index (χ1) is 12.4. The zero-order valence-electron chi connectivity index (χ0n) is 15.0. The Hall–Kier alpha value is -2.53. The maximum atomic E-state index is 12.6. The third-order valence-corrected chi connectivity index (χ3v) is 4.90. The van der Waals surface area contributed by atoms with E-state index in [-0.39, 0.29) is 24.3 Å². The predicted molar refractivity (Wildman–Crippen MR) is 102 cm³/mol. The van der Waals surface area contributed by atoms with Gasteiger partial charge < -0.3 is 15.0 Å². The molecule has 3 rings (SSSR count). The molecule has 1 N–H and O–H groups in total. The number of methoxy groups -OCH3 is 1. The number of nitrogens with zero attached hydrogens (tertiary/aromatic N) is 1. The second kappa shape index (κ2) is 7.38. The monoisotopic (exact) mass is 372 g/mol. The summed E-state index contributed by atoms with van der Waals surface area (Å²) >= 11 is 5.99. The molecule has 5 nitrogen and oxygen atoms in total. The van der Waals surface area contributed by atoms with Gasteiger partial charge in [0.1, 0.15) is 5.75 Å². The minimum atomic E-state index is -0.302. The van der Waals surface area contributed by atoms with Crippen molar-refractivity contribution in [2.75, 3.05) is 18.6 Å². The van der Waals surface area contributed by atoms with Gasteiger partial charge in [0.2, 0.25) is 5.91 Å².